The van der Waals surface area contributed by atoms with Gasteiger partial charge in [-0.1, -0.05) is 18.1 Å². The van der Waals surface area contributed by atoms with Crippen LogP contribution in [0.4, 0.5) is 22.0 Å². The molecule has 0 aliphatic carbocycles. The molecule has 51 heteroatoms. The highest BCUT2D eigenvalue weighted by molar-refractivity contribution is 5.79. The van der Waals surface area contributed by atoms with Crippen molar-refractivity contribution >= 4 is 101 Å². The Morgan fingerprint density at radius 2 is 0.664 bits per heavy atom. The summed E-state index contributed by atoms with van der Waals surface area (Å²) >= 11 is 0. The van der Waals surface area contributed by atoms with Crippen LogP contribution in [0.1, 0.15) is 192 Å². The molecule has 770 valence electrons. The van der Waals surface area contributed by atoms with Gasteiger partial charge in [-0.25, -0.2) is 13.2 Å². The lowest BCUT2D eigenvalue weighted by Crippen LogP contribution is -2.66. The van der Waals surface area contributed by atoms with E-state index >= 15 is 0 Å². The van der Waals surface area contributed by atoms with E-state index < -0.39 is 266 Å². The standard InChI is InChI=1S/C86H125F5N10O36/c1-47(102)96-73-80(131-56(10)111)76(128-53(7)108)60(40-125-50(4)105)134-83(73)122-32-20-14-13-17-29-92-64(115)26-35-119-44-86(43-101-39-59(99-100-101)38-95-63(114)24-23-25-67(118)137-79-71(90)69(88)68(87)70(89)72(79)91,45-120-36-27-65(116)93-30-18-15-21-33-123-84-74(97-48(2)103)81(132-57(11)112)77(129-54(8)109)61(135-84)41-126-51(5)106)46-121-37-28-66(117)94-31-19-16-22-34-124-85-75(98-49(3)104)82(133-58(12)113)78(130-55(9)110)62(136-85)42-127-52(6)107/h39,60-62,73-78,80-85H,13-38,40-46H2,1-12H3,(H,92,115)(H,93,116)(H,94,117)(H,95,114)(H,96,102)(H,97,103)(H,98,104)/t60?,61?,62?,73?,74?,75?,76-,77-,78-,80?,81?,82?,83+,84+,85+,86?/m0/s1. The summed E-state index contributed by atoms with van der Waals surface area (Å²) in [5, 5.41) is 27.4. The number of nitrogens with one attached hydrogen (secondary N) is 7. The molecule has 5 rings (SSSR count). The minimum atomic E-state index is -2.47. The summed E-state index contributed by atoms with van der Waals surface area (Å²) < 4.78 is 179. The number of benzene rings is 1. The Morgan fingerprint density at radius 1 is 0.358 bits per heavy atom. The van der Waals surface area contributed by atoms with Crippen molar-refractivity contribution in [1.29, 1.82) is 0 Å². The second kappa shape index (κ2) is 61.1. The Balaban J connectivity index is 1.28. The van der Waals surface area contributed by atoms with Gasteiger partial charge in [-0.05, 0) is 57.8 Å². The van der Waals surface area contributed by atoms with E-state index in [4.69, 9.17) is 85.3 Å². The zero-order valence-electron chi connectivity index (χ0n) is 78.5. The van der Waals surface area contributed by atoms with Gasteiger partial charge in [0.05, 0.1) is 64.3 Å². The molecular formula is C86H125F5N10O36. The summed E-state index contributed by atoms with van der Waals surface area (Å²) in [6.45, 7) is 11.1. The van der Waals surface area contributed by atoms with Gasteiger partial charge < -0.3 is 127 Å². The Bertz CT molecular complexity index is 4190. The third kappa shape index (κ3) is 43.5. The molecule has 7 amide bonds. The number of nitrogens with zero attached hydrogens (tertiary/aromatic N) is 3. The highest BCUT2D eigenvalue weighted by Gasteiger charge is 2.55. The van der Waals surface area contributed by atoms with E-state index in [0.29, 0.717) is 64.2 Å². The van der Waals surface area contributed by atoms with Crippen LogP contribution in [0.2, 0.25) is 0 Å². The van der Waals surface area contributed by atoms with E-state index in [9.17, 15) is 103 Å². The molecular weight excluding hydrogens is 1840 g/mol. The molecule has 3 fully saturated rings. The maximum atomic E-state index is 14.2. The lowest BCUT2D eigenvalue weighted by Gasteiger charge is -2.44. The Morgan fingerprint density at radius 3 is 0.985 bits per heavy atom. The van der Waals surface area contributed by atoms with Crippen LogP contribution in [0.5, 0.6) is 5.75 Å². The molecule has 9 unspecified atom stereocenters. The zero-order chi connectivity index (χ0) is 101. The van der Waals surface area contributed by atoms with Gasteiger partial charge in [-0.3, -0.25) is 86.2 Å². The molecule has 3 aliphatic rings. The van der Waals surface area contributed by atoms with E-state index in [1.807, 2.05) is 0 Å². The van der Waals surface area contributed by atoms with Crippen LogP contribution in [0.25, 0.3) is 0 Å². The second-order valence-corrected chi connectivity index (χ2v) is 32.2. The number of aromatic nitrogens is 3. The molecule has 1 aromatic heterocycles. The second-order valence-electron chi connectivity index (χ2n) is 32.2. The highest BCUT2D eigenvalue weighted by Crippen LogP contribution is 2.34. The van der Waals surface area contributed by atoms with Gasteiger partial charge in [-0.2, -0.15) is 8.78 Å². The first-order valence-corrected chi connectivity index (χ1v) is 44.4. The Labute approximate surface area is 785 Å². The summed E-state index contributed by atoms with van der Waals surface area (Å²) in [6, 6.07) is -3.58. The monoisotopic (exact) mass is 1970 g/mol. The minimum absolute atomic E-state index is 0.00140. The molecule has 7 N–H and O–H groups in total. The summed E-state index contributed by atoms with van der Waals surface area (Å²) in [5.41, 5.74) is -1.17. The molecule has 0 radical (unpaired) electrons. The third-order valence-electron chi connectivity index (χ3n) is 20.1. The first-order valence-electron chi connectivity index (χ1n) is 44.4. The molecule has 46 nitrogen and oxygen atoms in total. The summed E-state index contributed by atoms with van der Waals surface area (Å²) in [5.74, 6) is -25.7. The fourth-order valence-corrected chi connectivity index (χ4v) is 14.2. The van der Waals surface area contributed by atoms with E-state index in [0.717, 1.165) is 62.3 Å². The van der Waals surface area contributed by atoms with Gasteiger partial charge in [0.1, 0.15) is 62.0 Å². The fraction of sp³-hybridized carbons (Fsp3) is 0.709. The highest BCUT2D eigenvalue weighted by atomic mass is 19.2. The van der Waals surface area contributed by atoms with Crippen LogP contribution >= 0.6 is 0 Å². The number of esters is 10. The van der Waals surface area contributed by atoms with Crippen molar-refractivity contribution in [3.05, 3.63) is 41.0 Å². The zero-order valence-corrected chi connectivity index (χ0v) is 78.5. The molecule has 0 spiro atoms. The van der Waals surface area contributed by atoms with Crippen LogP contribution in [0.3, 0.4) is 0 Å². The van der Waals surface area contributed by atoms with Gasteiger partial charge in [0.15, 0.2) is 55.5 Å². The summed E-state index contributed by atoms with van der Waals surface area (Å²) in [6.07, 6.45) is -11.5. The number of unbranched alkanes of at least 4 members (excludes halogenated alkanes) is 7. The maximum Gasteiger partial charge on any atom is 0.311 e. The van der Waals surface area contributed by atoms with Crippen LogP contribution in [-0.2, 0) is 180 Å². The van der Waals surface area contributed by atoms with Gasteiger partial charge in [0.2, 0.25) is 76.2 Å². The van der Waals surface area contributed by atoms with Gasteiger partial charge >= 0.3 is 59.7 Å². The lowest BCUT2D eigenvalue weighted by atomic mass is 9.90. The molecule has 137 heavy (non-hydrogen) atoms. The van der Waals surface area contributed by atoms with Gasteiger partial charge in [0.25, 0.3) is 0 Å². The van der Waals surface area contributed by atoms with Crippen LogP contribution in [0, 0.1) is 34.5 Å². The molecule has 0 saturated carbocycles. The van der Waals surface area contributed by atoms with Crippen molar-refractivity contribution < 1.29 is 193 Å². The van der Waals surface area contributed by atoms with Gasteiger partial charge in [0, 0.05) is 155 Å². The Kier molecular flexibility index (Phi) is 51.8. The average molecular weight is 1970 g/mol. The van der Waals surface area contributed by atoms with Crippen molar-refractivity contribution in [2.24, 2.45) is 5.41 Å². The van der Waals surface area contributed by atoms with Crippen molar-refractivity contribution in [2.75, 3.05) is 98.9 Å². The summed E-state index contributed by atoms with van der Waals surface area (Å²) in [4.78, 5) is 212. The van der Waals surface area contributed by atoms with E-state index in [1.54, 1.807) is 0 Å². The molecule has 15 atom stereocenters. The smallest absolute Gasteiger partial charge is 0.311 e. The van der Waals surface area contributed by atoms with Crippen molar-refractivity contribution in [1.82, 2.24) is 52.2 Å². The number of rotatable bonds is 61. The number of ether oxygens (including phenoxy) is 19. The molecule has 0 bridgehead atoms. The van der Waals surface area contributed by atoms with Crippen LogP contribution in [0.15, 0.2) is 6.20 Å². The molecule has 4 heterocycles. The fourth-order valence-electron chi connectivity index (χ4n) is 14.2. The third-order valence-corrected chi connectivity index (χ3v) is 20.1. The number of carbonyl (C=O) groups excluding carboxylic acids is 17. The minimum Gasteiger partial charge on any atom is -0.463 e. The molecule has 2 aromatic rings. The van der Waals surface area contributed by atoms with Crippen molar-refractivity contribution in [3.63, 3.8) is 0 Å². The topological polar surface area (TPSA) is 580 Å². The first-order chi connectivity index (χ1) is 65.0. The molecule has 3 aliphatic heterocycles. The number of carbonyl (C=O) groups is 17. The number of hydrogen-bond acceptors (Lipinski definition) is 38. The predicted octanol–water partition coefficient (Wildman–Crippen LogP) is 1.84. The van der Waals surface area contributed by atoms with Crippen LogP contribution in [-0.4, -0.2) is 307 Å². The summed E-state index contributed by atoms with van der Waals surface area (Å²) in [7, 11) is 0. The maximum absolute atomic E-state index is 14.2. The van der Waals surface area contributed by atoms with E-state index in [-0.39, 0.29) is 124 Å². The van der Waals surface area contributed by atoms with Crippen molar-refractivity contribution in [2.45, 2.75) is 291 Å². The predicted molar refractivity (Wildman–Crippen MR) is 451 cm³/mol. The SMILES string of the molecule is CC(=O)NC1C(OC(C)=O)[C@@H](OC(C)=O)C(COC(C)=O)O[C@H]1OCCCCCCNC(=O)CCOCC(COCCC(=O)NCCCCCO[C@@H]1OC(COC(C)=O)[C@H](OC(C)=O)C(OC(C)=O)C1NC(C)=O)(COCCC(=O)NCCCCCO[C@@H]1OC(COC(C)=O)[C@H](OC(C)=O)C(OC(C)=O)C1NC(C)=O)Cn1cc(CNC(=O)CCCC(=O)Oc2c(F)c(F)c(F)c(F)c2F)nn1. The first kappa shape index (κ1) is 116. The quantitative estimate of drug-likeness (QED) is 0.00945. The number of halogens is 5. The Hall–Kier alpha value is -11.4. The van der Waals surface area contributed by atoms with E-state index in [2.05, 4.69) is 52.3 Å². The van der Waals surface area contributed by atoms with E-state index in [1.165, 1.54) is 31.6 Å². The molecule has 1 aromatic carbocycles. The number of amides is 7. The molecule has 3 saturated heterocycles. The number of hydrogen-bond donors (Lipinski definition) is 7. The normalized spacial score (nSPS) is 21.5. The van der Waals surface area contributed by atoms with Gasteiger partial charge in [-0.15, -0.1) is 5.10 Å². The average Bonchev–Trinajstić information content (AvgIpc) is 1.04. The largest absolute Gasteiger partial charge is 0.463 e. The van der Waals surface area contributed by atoms with Crippen molar-refractivity contribution in [3.8, 4) is 5.75 Å². The lowest BCUT2D eigenvalue weighted by molar-refractivity contribution is -0.277. The van der Waals surface area contributed by atoms with Crippen LogP contribution < -0.4 is 42.0 Å².